The molecule has 0 aliphatic carbocycles. The van der Waals surface area contributed by atoms with Crippen LogP contribution in [-0.2, 0) is 17.6 Å². The number of anilines is 2. The third kappa shape index (κ3) is 4.24. The number of nitrogens with zero attached hydrogens (tertiary/aromatic N) is 3. The molecule has 1 heterocycles. The highest BCUT2D eigenvalue weighted by Gasteiger charge is 2.12. The molecule has 0 aliphatic rings. The number of carbonyl (C=O) groups is 1. The maximum Gasteiger partial charge on any atom is 0.234 e. The van der Waals surface area contributed by atoms with Gasteiger partial charge >= 0.3 is 0 Å². The van der Waals surface area contributed by atoms with Crippen LogP contribution in [0.4, 0.5) is 11.5 Å². The maximum absolute atomic E-state index is 12.3. The van der Waals surface area contributed by atoms with E-state index in [1.54, 1.807) is 0 Å². The first-order valence-corrected chi connectivity index (χ1v) is 8.63. The second-order valence-electron chi connectivity index (χ2n) is 5.06. The predicted octanol–water partition coefficient (Wildman–Crippen LogP) is 2.79. The van der Waals surface area contributed by atoms with Gasteiger partial charge in [0.25, 0.3) is 0 Å². The molecule has 0 bridgehead atoms. The fourth-order valence-electron chi connectivity index (χ4n) is 2.24. The number of amides is 1. The molecule has 0 spiro atoms. The molecule has 0 saturated carbocycles. The lowest BCUT2D eigenvalue weighted by molar-refractivity contribution is -0.113. The topological polar surface area (TPSA) is 105 Å². The highest BCUT2D eigenvalue weighted by Crippen LogP contribution is 2.23. The van der Waals surface area contributed by atoms with Crippen molar-refractivity contribution in [3.8, 4) is 6.07 Å². The highest BCUT2D eigenvalue weighted by molar-refractivity contribution is 7.99. The molecule has 3 N–H and O–H groups in total. The van der Waals surface area contributed by atoms with E-state index in [1.807, 2.05) is 24.3 Å². The summed E-state index contributed by atoms with van der Waals surface area (Å²) in [6, 6.07) is 7.96. The van der Waals surface area contributed by atoms with E-state index in [9.17, 15) is 4.79 Å². The minimum Gasteiger partial charge on any atom is -0.382 e. The van der Waals surface area contributed by atoms with Gasteiger partial charge in [-0.1, -0.05) is 43.8 Å². The molecule has 2 aromatic rings. The normalized spacial score (nSPS) is 10.2. The van der Waals surface area contributed by atoms with Crippen LogP contribution >= 0.6 is 11.8 Å². The van der Waals surface area contributed by atoms with E-state index in [2.05, 4.69) is 29.1 Å². The molecule has 2 rings (SSSR count). The summed E-state index contributed by atoms with van der Waals surface area (Å²) >= 11 is 1.18. The fourth-order valence-corrected chi connectivity index (χ4v) is 2.86. The summed E-state index contributed by atoms with van der Waals surface area (Å²) in [5.41, 5.74) is 9.01. The number of rotatable bonds is 6. The molecule has 1 aromatic carbocycles. The Balaban J connectivity index is 2.04. The molecule has 0 aliphatic heterocycles. The zero-order valence-electron chi connectivity index (χ0n) is 13.7. The van der Waals surface area contributed by atoms with E-state index in [1.165, 1.54) is 18.0 Å². The van der Waals surface area contributed by atoms with Crippen molar-refractivity contribution in [3.05, 3.63) is 41.1 Å². The monoisotopic (exact) mass is 341 g/mol. The second-order valence-corrected chi connectivity index (χ2v) is 6.00. The Kier molecular flexibility index (Phi) is 6.15. The first kappa shape index (κ1) is 17.8. The number of hydrogen-bond acceptors (Lipinski definition) is 6. The van der Waals surface area contributed by atoms with Gasteiger partial charge in [-0.2, -0.15) is 5.26 Å². The summed E-state index contributed by atoms with van der Waals surface area (Å²) in [6.07, 6.45) is 3.07. The van der Waals surface area contributed by atoms with Crippen LogP contribution in [-0.4, -0.2) is 21.6 Å². The molecule has 24 heavy (non-hydrogen) atoms. The predicted molar refractivity (Wildman–Crippen MR) is 95.7 cm³/mol. The van der Waals surface area contributed by atoms with Crippen LogP contribution in [0.25, 0.3) is 0 Å². The second kappa shape index (κ2) is 8.31. The molecule has 1 amide bonds. The fraction of sp³-hybridized carbons (Fsp3) is 0.294. The summed E-state index contributed by atoms with van der Waals surface area (Å²) < 4.78 is 0. The molecule has 0 atom stereocenters. The van der Waals surface area contributed by atoms with Crippen LogP contribution in [0.5, 0.6) is 0 Å². The van der Waals surface area contributed by atoms with E-state index in [0.717, 1.165) is 29.7 Å². The van der Waals surface area contributed by atoms with Crippen molar-refractivity contribution in [2.45, 2.75) is 31.8 Å². The van der Waals surface area contributed by atoms with Crippen LogP contribution in [0.3, 0.4) is 0 Å². The smallest absolute Gasteiger partial charge is 0.234 e. The summed E-state index contributed by atoms with van der Waals surface area (Å²) in [5.74, 6) is 0.175. The van der Waals surface area contributed by atoms with Crippen LogP contribution in [0.1, 0.15) is 30.5 Å². The minimum atomic E-state index is -0.123. The van der Waals surface area contributed by atoms with E-state index in [0.29, 0.717) is 5.16 Å². The Bertz CT molecular complexity index is 763. The van der Waals surface area contributed by atoms with Crippen molar-refractivity contribution in [2.75, 3.05) is 16.8 Å². The number of thioether (sulfide) groups is 1. The van der Waals surface area contributed by atoms with Crippen molar-refractivity contribution in [2.24, 2.45) is 0 Å². The molecule has 0 radical (unpaired) electrons. The van der Waals surface area contributed by atoms with E-state index in [-0.39, 0.29) is 23.0 Å². The Hall–Kier alpha value is -2.59. The SMILES string of the molecule is CCc1cccc(CC)c1NC(=O)CSc1ncc(C#N)c(N)n1. The average Bonchev–Trinajstić information content (AvgIpc) is 2.60. The first-order chi connectivity index (χ1) is 11.6. The molecule has 1 aromatic heterocycles. The van der Waals surface area contributed by atoms with Gasteiger partial charge in [0, 0.05) is 5.69 Å². The molecule has 0 saturated heterocycles. The number of hydrogen-bond donors (Lipinski definition) is 2. The lowest BCUT2D eigenvalue weighted by atomic mass is 10.0. The van der Waals surface area contributed by atoms with Gasteiger partial charge in [-0.05, 0) is 24.0 Å². The maximum atomic E-state index is 12.3. The Labute approximate surface area is 145 Å². The van der Waals surface area contributed by atoms with Crippen molar-refractivity contribution in [1.29, 1.82) is 5.26 Å². The van der Waals surface area contributed by atoms with Crippen LogP contribution in [0.2, 0.25) is 0 Å². The van der Waals surface area contributed by atoms with Crippen molar-refractivity contribution in [3.63, 3.8) is 0 Å². The van der Waals surface area contributed by atoms with E-state index in [4.69, 9.17) is 11.0 Å². The summed E-state index contributed by atoms with van der Waals surface area (Å²) in [5, 5.41) is 12.2. The number of carbonyl (C=O) groups excluding carboxylic acids is 1. The minimum absolute atomic E-state index is 0.123. The number of nitriles is 1. The highest BCUT2D eigenvalue weighted by atomic mass is 32.2. The Morgan fingerprint density at radius 2 is 2.00 bits per heavy atom. The molecule has 124 valence electrons. The largest absolute Gasteiger partial charge is 0.382 e. The summed E-state index contributed by atoms with van der Waals surface area (Å²) in [7, 11) is 0. The zero-order valence-corrected chi connectivity index (χ0v) is 14.5. The third-order valence-corrected chi connectivity index (χ3v) is 4.37. The first-order valence-electron chi connectivity index (χ1n) is 7.65. The number of benzene rings is 1. The van der Waals surface area contributed by atoms with Crippen LogP contribution < -0.4 is 11.1 Å². The van der Waals surface area contributed by atoms with Gasteiger partial charge in [-0.15, -0.1) is 0 Å². The number of aromatic nitrogens is 2. The molecular formula is C17H19N5OS. The number of nitrogen functional groups attached to an aromatic ring is 1. The third-order valence-electron chi connectivity index (χ3n) is 3.51. The van der Waals surface area contributed by atoms with Gasteiger partial charge in [-0.25, -0.2) is 9.97 Å². The number of nitrogens with one attached hydrogen (secondary N) is 1. The molecule has 0 fully saturated rings. The molecule has 7 heteroatoms. The van der Waals surface area contributed by atoms with Gasteiger partial charge < -0.3 is 11.1 Å². The Morgan fingerprint density at radius 1 is 1.33 bits per heavy atom. The Morgan fingerprint density at radius 3 is 2.54 bits per heavy atom. The van der Waals surface area contributed by atoms with Gasteiger partial charge in [0.05, 0.1) is 11.9 Å². The summed E-state index contributed by atoms with van der Waals surface area (Å²) in [4.78, 5) is 20.3. The van der Waals surface area contributed by atoms with Gasteiger partial charge in [0.2, 0.25) is 5.91 Å². The quantitative estimate of drug-likeness (QED) is 0.618. The van der Waals surface area contributed by atoms with Crippen molar-refractivity contribution in [1.82, 2.24) is 9.97 Å². The van der Waals surface area contributed by atoms with Crippen LogP contribution in [0.15, 0.2) is 29.6 Å². The van der Waals surface area contributed by atoms with Gasteiger partial charge in [0.15, 0.2) is 5.16 Å². The molecular weight excluding hydrogens is 322 g/mol. The van der Waals surface area contributed by atoms with Gasteiger partial charge in [0.1, 0.15) is 17.5 Å². The molecule has 0 unspecified atom stereocenters. The van der Waals surface area contributed by atoms with Crippen LogP contribution in [0, 0.1) is 11.3 Å². The average molecular weight is 341 g/mol. The lowest BCUT2D eigenvalue weighted by Gasteiger charge is -2.14. The number of aryl methyl sites for hydroxylation is 2. The van der Waals surface area contributed by atoms with E-state index >= 15 is 0 Å². The molecule has 6 nitrogen and oxygen atoms in total. The zero-order chi connectivity index (χ0) is 17.5. The number of nitrogens with two attached hydrogens (primary N) is 1. The lowest BCUT2D eigenvalue weighted by Crippen LogP contribution is -2.17. The van der Waals surface area contributed by atoms with Gasteiger partial charge in [-0.3, -0.25) is 4.79 Å². The summed E-state index contributed by atoms with van der Waals surface area (Å²) in [6.45, 7) is 4.12. The van der Waals surface area contributed by atoms with Crippen molar-refractivity contribution >= 4 is 29.2 Å². The number of para-hydroxylation sites is 1. The standard InChI is InChI=1S/C17H19N5OS/c1-3-11-6-5-7-12(4-2)15(11)21-14(23)10-24-17-20-9-13(8-18)16(19)22-17/h5-7,9H,3-4,10H2,1-2H3,(H,21,23)(H2,19,20,22). The van der Waals surface area contributed by atoms with E-state index < -0.39 is 0 Å². The van der Waals surface area contributed by atoms with Crippen molar-refractivity contribution < 1.29 is 4.79 Å².